The van der Waals surface area contributed by atoms with E-state index < -0.39 is 6.29 Å². The third kappa shape index (κ3) is 5.66. The van der Waals surface area contributed by atoms with Gasteiger partial charge in [-0.15, -0.1) is 5.10 Å². The molecule has 8 nitrogen and oxygen atoms in total. The summed E-state index contributed by atoms with van der Waals surface area (Å²) >= 11 is 1.57. The van der Waals surface area contributed by atoms with Crippen molar-refractivity contribution in [2.45, 2.75) is 43.2 Å². The highest BCUT2D eigenvalue weighted by Crippen LogP contribution is 2.40. The van der Waals surface area contributed by atoms with Crippen LogP contribution in [0.25, 0.3) is 11.1 Å². The first kappa shape index (κ1) is 24.6. The quantitative estimate of drug-likeness (QED) is 0.345. The van der Waals surface area contributed by atoms with Crippen molar-refractivity contribution in [3.63, 3.8) is 0 Å². The minimum absolute atomic E-state index is 0.0146. The normalized spacial score (nSPS) is 19.9. The van der Waals surface area contributed by atoms with Gasteiger partial charge in [0.25, 0.3) is 0 Å². The number of aliphatic hydroxyl groups is 1. The molecule has 2 heterocycles. The Bertz CT molecular complexity index is 1300. The second-order valence-corrected chi connectivity index (χ2v) is 9.76. The van der Waals surface area contributed by atoms with Crippen LogP contribution in [0.3, 0.4) is 0 Å². The summed E-state index contributed by atoms with van der Waals surface area (Å²) in [6.45, 7) is 0.514. The van der Waals surface area contributed by atoms with Crippen molar-refractivity contribution in [2.75, 3.05) is 5.75 Å². The van der Waals surface area contributed by atoms with E-state index in [4.69, 9.17) is 15.2 Å². The zero-order valence-corrected chi connectivity index (χ0v) is 20.8. The first-order valence-electron chi connectivity index (χ1n) is 11.9. The molecule has 0 amide bonds. The Kier molecular flexibility index (Phi) is 7.74. The molecule has 0 spiro atoms. The molecule has 0 aliphatic carbocycles. The van der Waals surface area contributed by atoms with Gasteiger partial charge in [0.2, 0.25) is 5.16 Å². The highest BCUT2D eigenvalue weighted by molar-refractivity contribution is 7.99. The molecule has 3 N–H and O–H groups in total. The number of aliphatic hydroxyl groups excluding tert-OH is 1. The van der Waals surface area contributed by atoms with Gasteiger partial charge in [0, 0.05) is 31.3 Å². The van der Waals surface area contributed by atoms with Crippen LogP contribution in [0.1, 0.15) is 41.1 Å². The second kappa shape index (κ2) is 11.3. The van der Waals surface area contributed by atoms with Gasteiger partial charge in [-0.25, -0.2) is 4.68 Å². The van der Waals surface area contributed by atoms with Crippen molar-refractivity contribution in [3.05, 3.63) is 95.1 Å². The van der Waals surface area contributed by atoms with Gasteiger partial charge in [-0.05, 0) is 50.4 Å². The number of nitrogens with zero attached hydrogens (tertiary/aromatic N) is 4. The molecule has 36 heavy (non-hydrogen) atoms. The van der Waals surface area contributed by atoms with Crippen LogP contribution in [0.2, 0.25) is 0 Å². The maximum atomic E-state index is 9.43. The predicted octanol–water partition coefficient (Wildman–Crippen LogP) is 4.17. The second-order valence-electron chi connectivity index (χ2n) is 8.78. The lowest BCUT2D eigenvalue weighted by Gasteiger charge is -2.36. The number of benzene rings is 3. The van der Waals surface area contributed by atoms with Crippen LogP contribution in [-0.2, 0) is 29.7 Å². The molecule has 1 aliphatic heterocycles. The number of hydrogen-bond donors (Lipinski definition) is 2. The van der Waals surface area contributed by atoms with E-state index in [1.54, 1.807) is 16.4 Å². The average Bonchev–Trinajstić information content (AvgIpc) is 3.36. The summed E-state index contributed by atoms with van der Waals surface area (Å²) in [5, 5.41) is 21.9. The molecule has 3 aromatic carbocycles. The third-order valence-corrected chi connectivity index (χ3v) is 7.39. The Morgan fingerprint density at radius 2 is 1.75 bits per heavy atom. The van der Waals surface area contributed by atoms with Crippen LogP contribution in [0, 0.1) is 0 Å². The number of nitrogens with two attached hydrogens (primary N) is 1. The van der Waals surface area contributed by atoms with Crippen molar-refractivity contribution in [1.82, 2.24) is 20.2 Å². The third-order valence-electron chi connectivity index (χ3n) is 6.25. The summed E-state index contributed by atoms with van der Waals surface area (Å²) in [6, 6.07) is 24.4. The highest BCUT2D eigenvalue weighted by atomic mass is 32.2. The fourth-order valence-corrected chi connectivity index (χ4v) is 5.14. The van der Waals surface area contributed by atoms with E-state index in [1.807, 2.05) is 55.6 Å². The zero-order chi connectivity index (χ0) is 24.9. The molecule has 9 heteroatoms. The number of ether oxygens (including phenoxy) is 2. The Labute approximate surface area is 214 Å². The van der Waals surface area contributed by atoms with Gasteiger partial charge in [-0.2, -0.15) is 0 Å². The standard InChI is InChI=1S/C27H29N5O3S/c1-32-27(29-30-31-32)36-17-24-14-25(20-10-8-18(16-33)9-11-20)35-26(34-24)23-7-3-6-22(13-23)21-5-2-4-19(12-21)15-28/h2-13,24-26,33H,14-17,28H2,1H3/t24-,25+,26+/m0/s1. The Hall–Kier alpha value is -3.08. The van der Waals surface area contributed by atoms with Crippen molar-refractivity contribution in [3.8, 4) is 11.1 Å². The minimum Gasteiger partial charge on any atom is -0.392 e. The number of hydrogen-bond acceptors (Lipinski definition) is 8. The average molecular weight is 504 g/mol. The lowest BCUT2D eigenvalue weighted by atomic mass is 9.99. The van der Waals surface area contributed by atoms with Crippen LogP contribution in [0.15, 0.2) is 78.0 Å². The topological polar surface area (TPSA) is 108 Å². The van der Waals surface area contributed by atoms with Crippen LogP contribution in [0.5, 0.6) is 0 Å². The fourth-order valence-electron chi connectivity index (χ4n) is 4.28. The van der Waals surface area contributed by atoms with Crippen molar-refractivity contribution in [2.24, 2.45) is 12.8 Å². The molecule has 1 aliphatic rings. The number of aryl methyl sites for hydroxylation is 1. The van der Waals surface area contributed by atoms with Crippen molar-refractivity contribution in [1.29, 1.82) is 0 Å². The van der Waals surface area contributed by atoms with Crippen molar-refractivity contribution >= 4 is 11.8 Å². The van der Waals surface area contributed by atoms with Gasteiger partial charge in [0.15, 0.2) is 6.29 Å². The summed E-state index contributed by atoms with van der Waals surface area (Å²) in [5.74, 6) is 0.692. The van der Waals surface area contributed by atoms with Gasteiger partial charge in [-0.3, -0.25) is 0 Å². The van der Waals surface area contributed by atoms with E-state index in [0.717, 1.165) is 38.5 Å². The lowest BCUT2D eigenvalue weighted by Crippen LogP contribution is -2.31. The molecule has 4 aromatic rings. The summed E-state index contributed by atoms with van der Waals surface area (Å²) < 4.78 is 14.6. The zero-order valence-electron chi connectivity index (χ0n) is 20.0. The minimum atomic E-state index is -0.526. The number of aromatic nitrogens is 4. The van der Waals surface area contributed by atoms with Crippen molar-refractivity contribution < 1.29 is 14.6 Å². The molecule has 1 aromatic heterocycles. The number of rotatable bonds is 8. The monoisotopic (exact) mass is 503 g/mol. The molecule has 186 valence electrons. The summed E-state index contributed by atoms with van der Waals surface area (Å²) in [7, 11) is 1.83. The number of thioether (sulfide) groups is 1. The van der Waals surface area contributed by atoms with E-state index in [1.165, 1.54) is 0 Å². The van der Waals surface area contributed by atoms with E-state index in [0.29, 0.717) is 18.7 Å². The smallest absolute Gasteiger partial charge is 0.209 e. The number of tetrazole rings is 1. The fraction of sp³-hybridized carbons (Fsp3) is 0.296. The lowest BCUT2D eigenvalue weighted by molar-refractivity contribution is -0.245. The van der Waals surface area contributed by atoms with Gasteiger partial charge < -0.3 is 20.3 Å². The molecule has 1 saturated heterocycles. The Balaban J connectivity index is 1.41. The molecule has 0 radical (unpaired) electrons. The Morgan fingerprint density at radius 3 is 2.47 bits per heavy atom. The first-order chi connectivity index (χ1) is 17.6. The maximum absolute atomic E-state index is 9.43. The summed E-state index contributed by atoms with van der Waals surface area (Å²) in [6.07, 6.45) is -0.0471. The maximum Gasteiger partial charge on any atom is 0.209 e. The predicted molar refractivity (Wildman–Crippen MR) is 138 cm³/mol. The largest absolute Gasteiger partial charge is 0.392 e. The highest BCUT2D eigenvalue weighted by Gasteiger charge is 2.32. The van der Waals surface area contributed by atoms with E-state index in [-0.39, 0.29) is 18.8 Å². The molecule has 0 saturated carbocycles. The van der Waals surface area contributed by atoms with Crippen LogP contribution in [-0.4, -0.2) is 37.2 Å². The summed E-state index contributed by atoms with van der Waals surface area (Å²) in [4.78, 5) is 0. The van der Waals surface area contributed by atoms with Gasteiger partial charge in [0.05, 0.1) is 18.8 Å². The molecule has 5 rings (SSSR count). The Morgan fingerprint density at radius 1 is 0.972 bits per heavy atom. The van der Waals surface area contributed by atoms with Gasteiger partial charge in [-0.1, -0.05) is 72.4 Å². The SMILES string of the molecule is Cn1nnnc1SC[C@@H]1C[C@H](c2ccc(CO)cc2)O[C@H](c2cccc(-c3cccc(CN)c3)c2)O1. The molecule has 0 bridgehead atoms. The van der Waals surface area contributed by atoms with Crippen LogP contribution < -0.4 is 5.73 Å². The molecule has 0 unspecified atom stereocenters. The van der Waals surface area contributed by atoms with E-state index in [2.05, 4.69) is 39.8 Å². The van der Waals surface area contributed by atoms with E-state index >= 15 is 0 Å². The van der Waals surface area contributed by atoms with Gasteiger partial charge >= 0.3 is 0 Å². The first-order valence-corrected chi connectivity index (χ1v) is 12.9. The molecule has 3 atom stereocenters. The summed E-state index contributed by atoms with van der Waals surface area (Å²) in [5.41, 5.74) is 12.0. The van der Waals surface area contributed by atoms with Crippen LogP contribution in [0.4, 0.5) is 0 Å². The molecule has 1 fully saturated rings. The van der Waals surface area contributed by atoms with Crippen LogP contribution >= 0.6 is 11.8 Å². The van der Waals surface area contributed by atoms with Gasteiger partial charge in [0.1, 0.15) is 0 Å². The van der Waals surface area contributed by atoms with E-state index in [9.17, 15) is 5.11 Å². The molecular weight excluding hydrogens is 474 g/mol. The molecular formula is C27H29N5O3S.